The first kappa shape index (κ1) is 8.49. The van der Waals surface area contributed by atoms with E-state index in [-0.39, 0.29) is 0 Å². The number of ether oxygens (including phenoxy) is 1. The maximum absolute atomic E-state index is 5.44. The summed E-state index contributed by atoms with van der Waals surface area (Å²) >= 11 is 3.23. The Labute approximate surface area is 73.7 Å². The third-order valence-electron chi connectivity index (χ3n) is 1.35. The van der Waals surface area contributed by atoms with Gasteiger partial charge in [-0.2, -0.15) is 0 Å². The minimum atomic E-state index is 0.448. The van der Waals surface area contributed by atoms with Crippen LogP contribution in [0.4, 0.5) is 0 Å². The zero-order valence-electron chi connectivity index (χ0n) is 6.17. The van der Waals surface area contributed by atoms with Crippen LogP contribution in [-0.2, 0) is 6.54 Å². The highest BCUT2D eigenvalue weighted by molar-refractivity contribution is 9.10. The summed E-state index contributed by atoms with van der Waals surface area (Å²) in [6.45, 7) is 0.448. The van der Waals surface area contributed by atoms with Crippen LogP contribution < -0.4 is 10.5 Å². The van der Waals surface area contributed by atoms with Crippen LogP contribution in [0.25, 0.3) is 0 Å². The van der Waals surface area contributed by atoms with Gasteiger partial charge in [-0.1, -0.05) is 0 Å². The van der Waals surface area contributed by atoms with E-state index in [2.05, 4.69) is 20.9 Å². The molecule has 0 aliphatic heterocycles. The topological polar surface area (TPSA) is 48.1 Å². The maximum Gasteiger partial charge on any atom is 0.127 e. The van der Waals surface area contributed by atoms with Gasteiger partial charge in [0.1, 0.15) is 10.4 Å². The minimum absolute atomic E-state index is 0.448. The van der Waals surface area contributed by atoms with Gasteiger partial charge in [0, 0.05) is 24.4 Å². The molecule has 0 aromatic carbocycles. The van der Waals surface area contributed by atoms with Gasteiger partial charge in [-0.25, -0.2) is 4.98 Å². The second kappa shape index (κ2) is 3.69. The Bertz CT molecular complexity index is 252. The van der Waals surface area contributed by atoms with Crippen LogP contribution in [0, 0.1) is 0 Å². The van der Waals surface area contributed by atoms with E-state index in [1.807, 2.05) is 0 Å². The van der Waals surface area contributed by atoms with Crippen LogP contribution in [0.2, 0.25) is 0 Å². The van der Waals surface area contributed by atoms with Crippen molar-refractivity contribution in [1.29, 1.82) is 0 Å². The van der Waals surface area contributed by atoms with Crippen LogP contribution in [-0.4, -0.2) is 12.1 Å². The number of nitrogens with zero attached hydrogens (tertiary/aromatic N) is 1. The van der Waals surface area contributed by atoms with E-state index in [4.69, 9.17) is 10.5 Å². The van der Waals surface area contributed by atoms with Crippen LogP contribution in [0.3, 0.4) is 0 Å². The Kier molecular flexibility index (Phi) is 2.84. The average molecular weight is 217 g/mol. The summed E-state index contributed by atoms with van der Waals surface area (Å²) < 4.78 is 5.82. The highest BCUT2D eigenvalue weighted by atomic mass is 79.9. The van der Waals surface area contributed by atoms with Crippen LogP contribution >= 0.6 is 15.9 Å². The normalized spacial score (nSPS) is 9.73. The number of rotatable bonds is 2. The quantitative estimate of drug-likeness (QED) is 0.759. The molecule has 0 saturated carbocycles. The molecular weight excluding hydrogens is 208 g/mol. The molecule has 0 atom stereocenters. The highest BCUT2D eigenvalue weighted by Gasteiger charge is 2.01. The van der Waals surface area contributed by atoms with Gasteiger partial charge < -0.3 is 10.5 Å². The van der Waals surface area contributed by atoms with Crippen molar-refractivity contribution in [2.75, 3.05) is 7.11 Å². The fourth-order valence-corrected chi connectivity index (χ4v) is 1.09. The standard InChI is InChI=1S/C7H9BrN2O/c1-11-6-2-7(8)10-4-5(6)3-9/h2,4H,3,9H2,1H3. The van der Waals surface area contributed by atoms with E-state index in [0.717, 1.165) is 15.9 Å². The molecule has 0 fully saturated rings. The van der Waals surface area contributed by atoms with Gasteiger partial charge in [0.15, 0.2) is 0 Å². The molecule has 4 heteroatoms. The van der Waals surface area contributed by atoms with E-state index in [9.17, 15) is 0 Å². The third-order valence-corrected chi connectivity index (χ3v) is 1.78. The fraction of sp³-hybridized carbons (Fsp3) is 0.286. The fourth-order valence-electron chi connectivity index (χ4n) is 0.785. The van der Waals surface area contributed by atoms with Gasteiger partial charge in [-0.05, 0) is 15.9 Å². The predicted octanol–water partition coefficient (Wildman–Crippen LogP) is 1.31. The molecule has 0 saturated heterocycles. The van der Waals surface area contributed by atoms with Crippen molar-refractivity contribution in [3.63, 3.8) is 0 Å². The largest absolute Gasteiger partial charge is 0.496 e. The van der Waals surface area contributed by atoms with E-state index in [0.29, 0.717) is 6.54 Å². The number of methoxy groups -OCH3 is 1. The van der Waals surface area contributed by atoms with Gasteiger partial charge in [0.05, 0.1) is 7.11 Å². The van der Waals surface area contributed by atoms with Crippen molar-refractivity contribution in [2.24, 2.45) is 5.73 Å². The summed E-state index contributed by atoms with van der Waals surface area (Å²) in [5.74, 6) is 0.773. The molecule has 1 aromatic rings. The van der Waals surface area contributed by atoms with Gasteiger partial charge in [-0.3, -0.25) is 0 Å². The monoisotopic (exact) mass is 216 g/mol. The van der Waals surface area contributed by atoms with Gasteiger partial charge >= 0.3 is 0 Å². The maximum atomic E-state index is 5.44. The number of nitrogens with two attached hydrogens (primary N) is 1. The van der Waals surface area contributed by atoms with Crippen molar-refractivity contribution in [3.05, 3.63) is 22.4 Å². The summed E-state index contributed by atoms with van der Waals surface area (Å²) in [4.78, 5) is 4.02. The summed E-state index contributed by atoms with van der Waals surface area (Å²) in [6, 6.07) is 1.79. The number of hydrogen-bond donors (Lipinski definition) is 1. The summed E-state index contributed by atoms with van der Waals surface area (Å²) in [5.41, 5.74) is 6.35. The van der Waals surface area contributed by atoms with Crippen LogP contribution in [0.15, 0.2) is 16.9 Å². The lowest BCUT2D eigenvalue weighted by Gasteiger charge is -2.04. The molecule has 2 N–H and O–H groups in total. The molecule has 3 nitrogen and oxygen atoms in total. The molecule has 0 spiro atoms. The Morgan fingerprint density at radius 2 is 2.45 bits per heavy atom. The SMILES string of the molecule is COc1cc(Br)ncc1CN. The number of hydrogen-bond acceptors (Lipinski definition) is 3. The van der Waals surface area contributed by atoms with Crippen molar-refractivity contribution >= 4 is 15.9 Å². The zero-order chi connectivity index (χ0) is 8.27. The molecule has 0 bridgehead atoms. The van der Waals surface area contributed by atoms with Crippen molar-refractivity contribution in [1.82, 2.24) is 4.98 Å². The second-order valence-corrected chi connectivity index (χ2v) is 2.84. The van der Waals surface area contributed by atoms with Gasteiger partial charge in [0.25, 0.3) is 0 Å². The van der Waals surface area contributed by atoms with E-state index in [1.54, 1.807) is 19.4 Å². The molecule has 1 rings (SSSR count). The minimum Gasteiger partial charge on any atom is -0.496 e. The average Bonchev–Trinajstić information content (AvgIpc) is 2.04. The lowest BCUT2D eigenvalue weighted by Crippen LogP contribution is -2.00. The van der Waals surface area contributed by atoms with Gasteiger partial charge in [-0.15, -0.1) is 0 Å². The van der Waals surface area contributed by atoms with E-state index >= 15 is 0 Å². The summed E-state index contributed by atoms with van der Waals surface area (Å²) in [6.07, 6.45) is 1.70. The Balaban J connectivity index is 3.06. The van der Waals surface area contributed by atoms with E-state index < -0.39 is 0 Å². The summed E-state index contributed by atoms with van der Waals surface area (Å²) in [7, 11) is 1.61. The molecule has 0 amide bonds. The summed E-state index contributed by atoms with van der Waals surface area (Å²) in [5, 5.41) is 0. The second-order valence-electron chi connectivity index (χ2n) is 2.02. The highest BCUT2D eigenvalue weighted by Crippen LogP contribution is 2.20. The van der Waals surface area contributed by atoms with E-state index in [1.165, 1.54) is 0 Å². The lowest BCUT2D eigenvalue weighted by molar-refractivity contribution is 0.408. The molecule has 0 unspecified atom stereocenters. The lowest BCUT2D eigenvalue weighted by atomic mass is 10.2. The van der Waals surface area contributed by atoms with Crippen LogP contribution in [0.1, 0.15) is 5.56 Å². The Morgan fingerprint density at radius 1 is 1.73 bits per heavy atom. The molecule has 1 heterocycles. The third kappa shape index (κ3) is 1.91. The molecule has 0 radical (unpaired) electrons. The Morgan fingerprint density at radius 3 is 3.00 bits per heavy atom. The Hall–Kier alpha value is -0.610. The molecule has 1 aromatic heterocycles. The molecule has 11 heavy (non-hydrogen) atoms. The zero-order valence-corrected chi connectivity index (χ0v) is 7.76. The van der Waals surface area contributed by atoms with Gasteiger partial charge in [0.2, 0.25) is 0 Å². The number of aromatic nitrogens is 1. The molecule has 0 aliphatic carbocycles. The number of pyridine rings is 1. The molecule has 60 valence electrons. The molecule has 0 aliphatic rings. The molecular formula is C7H9BrN2O. The first-order chi connectivity index (χ1) is 5.27. The first-order valence-electron chi connectivity index (χ1n) is 3.16. The first-order valence-corrected chi connectivity index (χ1v) is 3.95. The number of halogens is 1. The van der Waals surface area contributed by atoms with Crippen molar-refractivity contribution < 1.29 is 4.74 Å². The van der Waals surface area contributed by atoms with Crippen LogP contribution in [0.5, 0.6) is 5.75 Å². The van der Waals surface area contributed by atoms with Crippen molar-refractivity contribution in [2.45, 2.75) is 6.54 Å². The smallest absolute Gasteiger partial charge is 0.127 e. The predicted molar refractivity (Wildman–Crippen MR) is 46.4 cm³/mol. The van der Waals surface area contributed by atoms with Crippen molar-refractivity contribution in [3.8, 4) is 5.75 Å².